The molecule has 0 aliphatic heterocycles. The number of carbonyl (C=O) groups excluding carboxylic acids is 1. The molecule has 0 bridgehead atoms. The van der Waals surface area contributed by atoms with Crippen LogP contribution >= 0.6 is 0 Å². The van der Waals surface area contributed by atoms with Crippen molar-refractivity contribution in [2.75, 3.05) is 13.2 Å². The highest BCUT2D eigenvalue weighted by Crippen LogP contribution is 2.58. The van der Waals surface area contributed by atoms with Crippen molar-refractivity contribution in [3.8, 4) is 0 Å². The molecule has 0 aromatic rings. The van der Waals surface area contributed by atoms with Crippen molar-refractivity contribution in [2.24, 2.45) is 29.1 Å². The summed E-state index contributed by atoms with van der Waals surface area (Å²) in [6.45, 7) is 1.21. The van der Waals surface area contributed by atoms with Gasteiger partial charge in [0.2, 0.25) is 0 Å². The maximum atomic E-state index is 11.9. The molecule has 4 saturated carbocycles. The van der Waals surface area contributed by atoms with Crippen LogP contribution in [0.4, 0.5) is 4.79 Å². The van der Waals surface area contributed by atoms with E-state index in [9.17, 15) is 4.79 Å². The molecule has 0 radical (unpaired) electrons. The van der Waals surface area contributed by atoms with Crippen LogP contribution in [0, 0.1) is 29.1 Å². The molecule has 2 amide bonds. The topological polar surface area (TPSA) is 61.4 Å². The van der Waals surface area contributed by atoms with Gasteiger partial charge in [0.05, 0.1) is 0 Å². The molecule has 4 aliphatic carbocycles. The number of urea groups is 1. The van der Waals surface area contributed by atoms with Crippen molar-refractivity contribution >= 4 is 6.03 Å². The Bertz CT molecular complexity index is 407. The Kier molecular flexibility index (Phi) is 3.40. The Labute approximate surface area is 127 Å². The minimum absolute atomic E-state index is 0.0344. The Hall–Kier alpha value is -0.770. The molecule has 4 fully saturated rings. The van der Waals surface area contributed by atoms with Gasteiger partial charge in [0.25, 0.3) is 0 Å². The second-order valence-corrected chi connectivity index (χ2v) is 8.27. The normalized spacial score (nSPS) is 44.4. The van der Waals surface area contributed by atoms with E-state index < -0.39 is 0 Å². The van der Waals surface area contributed by atoms with Gasteiger partial charge in [0.15, 0.2) is 0 Å². The molecular formula is C17H28N2O2. The van der Waals surface area contributed by atoms with Gasteiger partial charge in [-0.1, -0.05) is 19.3 Å². The Morgan fingerprint density at radius 1 is 1.19 bits per heavy atom. The van der Waals surface area contributed by atoms with E-state index in [-0.39, 0.29) is 6.03 Å². The van der Waals surface area contributed by atoms with E-state index in [0.717, 1.165) is 50.0 Å². The number of aliphatic hydroxyl groups excluding tert-OH is 1. The lowest BCUT2D eigenvalue weighted by molar-refractivity contribution is -0.0636. The zero-order valence-electron chi connectivity index (χ0n) is 12.8. The number of rotatable bonds is 5. The van der Waals surface area contributed by atoms with Gasteiger partial charge < -0.3 is 15.7 Å². The van der Waals surface area contributed by atoms with E-state index in [4.69, 9.17) is 5.11 Å². The SMILES string of the molecule is O=C(NC[C@@H]1C[C@H]1C1CCC1)NC1CC2(CC(CO)C2)C1. The van der Waals surface area contributed by atoms with Gasteiger partial charge in [-0.3, -0.25) is 0 Å². The molecule has 0 heterocycles. The third-order valence-electron chi connectivity index (χ3n) is 6.65. The fraction of sp³-hybridized carbons (Fsp3) is 0.941. The monoisotopic (exact) mass is 292 g/mol. The summed E-state index contributed by atoms with van der Waals surface area (Å²) in [6.07, 6.45) is 10.2. The van der Waals surface area contributed by atoms with Crippen LogP contribution in [-0.2, 0) is 0 Å². The van der Waals surface area contributed by atoms with E-state index in [2.05, 4.69) is 10.6 Å². The maximum absolute atomic E-state index is 11.9. The van der Waals surface area contributed by atoms with Crippen LogP contribution in [0.15, 0.2) is 0 Å². The van der Waals surface area contributed by atoms with Crippen LogP contribution in [0.5, 0.6) is 0 Å². The molecule has 4 rings (SSSR count). The van der Waals surface area contributed by atoms with Gasteiger partial charge in [-0.15, -0.1) is 0 Å². The smallest absolute Gasteiger partial charge is 0.315 e. The first-order chi connectivity index (χ1) is 10.2. The van der Waals surface area contributed by atoms with Crippen molar-refractivity contribution in [2.45, 2.75) is 57.4 Å². The van der Waals surface area contributed by atoms with Gasteiger partial charge >= 0.3 is 6.03 Å². The molecule has 4 heteroatoms. The lowest BCUT2D eigenvalue weighted by atomic mass is 9.50. The highest BCUT2D eigenvalue weighted by atomic mass is 16.3. The van der Waals surface area contributed by atoms with Gasteiger partial charge in [-0.2, -0.15) is 0 Å². The second-order valence-electron chi connectivity index (χ2n) is 8.27. The standard InChI is InChI=1S/C17H28N2O2/c20-10-11-5-17(6-11)7-14(8-17)19-16(21)18-9-13-4-15(13)12-2-1-3-12/h11-15,20H,1-10H2,(H2,18,19,21)/t11?,13-,14?,15-,17?/m0/s1. The first-order valence-electron chi connectivity index (χ1n) is 8.83. The number of hydrogen-bond acceptors (Lipinski definition) is 2. The first-order valence-corrected chi connectivity index (χ1v) is 8.83. The first kappa shape index (κ1) is 13.9. The Balaban J connectivity index is 1.09. The highest BCUT2D eigenvalue weighted by molar-refractivity contribution is 5.74. The zero-order chi connectivity index (χ0) is 14.4. The quantitative estimate of drug-likeness (QED) is 0.728. The average molecular weight is 292 g/mol. The number of hydrogen-bond donors (Lipinski definition) is 3. The van der Waals surface area contributed by atoms with Gasteiger partial charge in [0.1, 0.15) is 0 Å². The summed E-state index contributed by atoms with van der Waals surface area (Å²) < 4.78 is 0. The zero-order valence-corrected chi connectivity index (χ0v) is 12.8. The van der Waals surface area contributed by atoms with E-state index in [1.165, 1.54) is 25.7 Å². The molecule has 0 aromatic heterocycles. The molecule has 4 aliphatic rings. The molecule has 3 N–H and O–H groups in total. The fourth-order valence-electron chi connectivity index (χ4n) is 5.13. The predicted octanol–water partition coefficient (Wildman–Crippen LogP) is 2.27. The summed E-state index contributed by atoms with van der Waals surface area (Å²) in [6, 6.07) is 0.401. The van der Waals surface area contributed by atoms with E-state index >= 15 is 0 Å². The summed E-state index contributed by atoms with van der Waals surface area (Å²) in [4.78, 5) is 11.9. The fourth-order valence-corrected chi connectivity index (χ4v) is 5.13. The lowest BCUT2D eigenvalue weighted by Gasteiger charge is -2.57. The average Bonchev–Trinajstić information content (AvgIpc) is 3.05. The highest BCUT2D eigenvalue weighted by Gasteiger charge is 2.52. The number of aliphatic hydroxyl groups is 1. The van der Waals surface area contributed by atoms with Crippen LogP contribution in [-0.4, -0.2) is 30.3 Å². The van der Waals surface area contributed by atoms with Crippen molar-refractivity contribution < 1.29 is 9.90 Å². The third-order valence-corrected chi connectivity index (χ3v) is 6.65. The van der Waals surface area contributed by atoms with Crippen molar-refractivity contribution in [3.05, 3.63) is 0 Å². The summed E-state index contributed by atoms with van der Waals surface area (Å²) in [5.74, 6) is 3.17. The molecular weight excluding hydrogens is 264 g/mol. The number of carbonyl (C=O) groups is 1. The maximum Gasteiger partial charge on any atom is 0.315 e. The molecule has 118 valence electrons. The van der Waals surface area contributed by atoms with Crippen molar-refractivity contribution in [3.63, 3.8) is 0 Å². The van der Waals surface area contributed by atoms with E-state index in [0.29, 0.717) is 24.0 Å². The van der Waals surface area contributed by atoms with Crippen LogP contribution < -0.4 is 10.6 Å². The van der Waals surface area contributed by atoms with E-state index in [1.807, 2.05) is 0 Å². The third kappa shape index (κ3) is 2.67. The Morgan fingerprint density at radius 3 is 2.57 bits per heavy atom. The summed E-state index contributed by atoms with van der Waals surface area (Å²) in [7, 11) is 0. The van der Waals surface area contributed by atoms with E-state index in [1.54, 1.807) is 0 Å². The minimum atomic E-state index is 0.0344. The van der Waals surface area contributed by atoms with Crippen molar-refractivity contribution in [1.82, 2.24) is 10.6 Å². The molecule has 0 saturated heterocycles. The molecule has 1 spiro atoms. The number of nitrogens with one attached hydrogen (secondary N) is 2. The molecule has 0 aromatic carbocycles. The van der Waals surface area contributed by atoms with Crippen LogP contribution in [0.25, 0.3) is 0 Å². The number of amides is 2. The molecule has 21 heavy (non-hydrogen) atoms. The van der Waals surface area contributed by atoms with Gasteiger partial charge in [-0.05, 0) is 61.2 Å². The molecule has 0 unspecified atom stereocenters. The lowest BCUT2D eigenvalue weighted by Crippen LogP contribution is -2.58. The van der Waals surface area contributed by atoms with Gasteiger partial charge in [-0.25, -0.2) is 4.79 Å². The van der Waals surface area contributed by atoms with Crippen LogP contribution in [0.2, 0.25) is 0 Å². The minimum Gasteiger partial charge on any atom is -0.396 e. The van der Waals surface area contributed by atoms with Gasteiger partial charge in [0, 0.05) is 19.2 Å². The summed E-state index contributed by atoms with van der Waals surface area (Å²) >= 11 is 0. The predicted molar refractivity (Wildman–Crippen MR) is 80.7 cm³/mol. The summed E-state index contributed by atoms with van der Waals surface area (Å²) in [5, 5.41) is 15.3. The second kappa shape index (κ2) is 5.15. The Morgan fingerprint density at radius 2 is 1.95 bits per heavy atom. The largest absolute Gasteiger partial charge is 0.396 e. The molecule has 2 atom stereocenters. The van der Waals surface area contributed by atoms with Crippen LogP contribution in [0.1, 0.15) is 51.4 Å². The van der Waals surface area contributed by atoms with Crippen LogP contribution in [0.3, 0.4) is 0 Å². The molecule has 4 nitrogen and oxygen atoms in total. The summed E-state index contributed by atoms with van der Waals surface area (Å²) in [5.41, 5.74) is 0.469. The van der Waals surface area contributed by atoms with Crippen molar-refractivity contribution in [1.29, 1.82) is 0 Å².